The number of benzene rings is 1. The van der Waals surface area contributed by atoms with Crippen molar-refractivity contribution in [2.24, 2.45) is 11.8 Å². The zero-order valence-electron chi connectivity index (χ0n) is 16.6. The molecule has 0 aliphatic carbocycles. The fourth-order valence-electron chi connectivity index (χ4n) is 3.65. The van der Waals surface area contributed by atoms with Crippen LogP contribution >= 0.6 is 0 Å². The molecule has 2 saturated heterocycles. The van der Waals surface area contributed by atoms with Crippen LogP contribution in [0.25, 0.3) is 0 Å². The third-order valence-electron chi connectivity index (χ3n) is 4.99. The molecule has 0 aromatic heterocycles. The first kappa shape index (κ1) is 20.2. The summed E-state index contributed by atoms with van der Waals surface area (Å²) in [5.41, 5.74) is 0.488. The molecule has 152 valence electrons. The Kier molecular flexibility index (Phi) is 5.91. The molecule has 2 aliphatic heterocycles. The summed E-state index contributed by atoms with van der Waals surface area (Å²) in [4.78, 5) is 38.7. The van der Waals surface area contributed by atoms with Crippen LogP contribution in [0.3, 0.4) is 0 Å². The van der Waals surface area contributed by atoms with Crippen LogP contribution in [-0.4, -0.2) is 54.2 Å². The molecule has 2 aliphatic rings. The molecular weight excluding hydrogens is 360 g/mol. The van der Waals surface area contributed by atoms with Crippen LogP contribution < -0.4 is 5.32 Å². The van der Waals surface area contributed by atoms with E-state index < -0.39 is 29.7 Å². The second-order valence-corrected chi connectivity index (χ2v) is 8.45. The van der Waals surface area contributed by atoms with E-state index in [0.29, 0.717) is 25.9 Å². The van der Waals surface area contributed by atoms with Crippen LogP contribution in [-0.2, 0) is 25.5 Å². The number of amides is 2. The molecule has 7 nitrogen and oxygen atoms in total. The molecule has 2 amide bonds. The van der Waals surface area contributed by atoms with Gasteiger partial charge in [0.1, 0.15) is 5.60 Å². The highest BCUT2D eigenvalue weighted by Crippen LogP contribution is 2.30. The van der Waals surface area contributed by atoms with Crippen LogP contribution in [0.15, 0.2) is 30.3 Å². The molecular formula is C21H28N2O5. The van der Waals surface area contributed by atoms with Crippen LogP contribution in [0, 0.1) is 11.8 Å². The Balaban J connectivity index is 1.72. The molecule has 1 N–H and O–H groups in total. The van der Waals surface area contributed by atoms with Crippen LogP contribution in [0.5, 0.6) is 0 Å². The molecule has 0 spiro atoms. The summed E-state index contributed by atoms with van der Waals surface area (Å²) in [6.45, 7) is 6.60. The molecule has 7 heteroatoms. The lowest BCUT2D eigenvalue weighted by molar-refractivity contribution is -0.158. The number of likely N-dealkylation sites (tertiary alicyclic amines) is 1. The monoisotopic (exact) mass is 388 g/mol. The minimum Gasteiger partial charge on any atom is -0.452 e. The molecule has 3 rings (SSSR count). The van der Waals surface area contributed by atoms with Crippen molar-refractivity contribution in [1.29, 1.82) is 0 Å². The van der Waals surface area contributed by atoms with E-state index in [1.165, 1.54) is 0 Å². The Labute approximate surface area is 165 Å². The van der Waals surface area contributed by atoms with Crippen LogP contribution in [0.1, 0.15) is 32.8 Å². The molecule has 0 saturated carbocycles. The predicted molar refractivity (Wildman–Crippen MR) is 102 cm³/mol. The van der Waals surface area contributed by atoms with Crippen molar-refractivity contribution < 1.29 is 23.9 Å². The first-order valence-electron chi connectivity index (χ1n) is 9.73. The van der Waals surface area contributed by atoms with E-state index in [1.807, 2.05) is 51.1 Å². The number of carbonyl (C=O) groups excluding carboxylic acids is 3. The second-order valence-electron chi connectivity index (χ2n) is 8.45. The van der Waals surface area contributed by atoms with Gasteiger partial charge in [-0.15, -0.1) is 0 Å². The third-order valence-corrected chi connectivity index (χ3v) is 4.99. The third kappa shape index (κ3) is 5.03. The van der Waals surface area contributed by atoms with Gasteiger partial charge in [-0.1, -0.05) is 30.3 Å². The summed E-state index contributed by atoms with van der Waals surface area (Å²) in [5.74, 6) is -1.25. The average molecular weight is 388 g/mol. The first-order valence-corrected chi connectivity index (χ1v) is 9.73. The van der Waals surface area contributed by atoms with Gasteiger partial charge in [-0.25, -0.2) is 4.79 Å². The van der Waals surface area contributed by atoms with Gasteiger partial charge in [-0.2, -0.15) is 0 Å². The Morgan fingerprint density at radius 3 is 2.50 bits per heavy atom. The largest absolute Gasteiger partial charge is 0.452 e. The molecule has 28 heavy (non-hydrogen) atoms. The smallest absolute Gasteiger partial charge is 0.410 e. The second kappa shape index (κ2) is 8.20. The minimum absolute atomic E-state index is 0.0908. The summed E-state index contributed by atoms with van der Waals surface area (Å²) >= 11 is 0. The molecule has 3 atom stereocenters. The van der Waals surface area contributed by atoms with Gasteiger partial charge >= 0.3 is 12.1 Å². The SMILES string of the molecule is CC(C)(C)OC(=O)N1C[C@@H](Cc2ccccc2)[C@H](C(=O)OC2CCNC2=O)C1. The van der Waals surface area contributed by atoms with E-state index >= 15 is 0 Å². The van der Waals surface area contributed by atoms with E-state index in [1.54, 1.807) is 4.90 Å². The summed E-state index contributed by atoms with van der Waals surface area (Å²) in [5, 5.41) is 2.67. The fraction of sp³-hybridized carbons (Fsp3) is 0.571. The predicted octanol–water partition coefficient (Wildman–Crippen LogP) is 2.14. The summed E-state index contributed by atoms with van der Waals surface area (Å²) in [6.07, 6.45) is -0.0346. The van der Waals surface area contributed by atoms with Crippen molar-refractivity contribution in [3.05, 3.63) is 35.9 Å². The number of nitrogens with one attached hydrogen (secondary N) is 1. The van der Waals surface area contributed by atoms with E-state index in [4.69, 9.17) is 9.47 Å². The molecule has 1 aromatic rings. The average Bonchev–Trinajstić information content (AvgIpc) is 3.21. The number of ether oxygens (including phenoxy) is 2. The van der Waals surface area contributed by atoms with Gasteiger partial charge in [-0.05, 0) is 38.7 Å². The minimum atomic E-state index is -0.736. The van der Waals surface area contributed by atoms with Gasteiger partial charge in [-0.3, -0.25) is 9.59 Å². The topological polar surface area (TPSA) is 84.9 Å². The quantitative estimate of drug-likeness (QED) is 0.799. The van der Waals surface area contributed by atoms with Crippen molar-refractivity contribution in [2.45, 2.75) is 45.3 Å². The number of nitrogens with zero attached hydrogens (tertiary/aromatic N) is 1. The van der Waals surface area contributed by atoms with Crippen molar-refractivity contribution >= 4 is 18.0 Å². The van der Waals surface area contributed by atoms with E-state index in [0.717, 1.165) is 5.56 Å². The van der Waals surface area contributed by atoms with Gasteiger partial charge in [0, 0.05) is 26.1 Å². The number of hydrogen-bond donors (Lipinski definition) is 1. The van der Waals surface area contributed by atoms with Crippen molar-refractivity contribution in [1.82, 2.24) is 10.2 Å². The highest BCUT2D eigenvalue weighted by atomic mass is 16.6. The number of carbonyl (C=O) groups is 3. The highest BCUT2D eigenvalue weighted by molar-refractivity contribution is 5.86. The first-order chi connectivity index (χ1) is 13.2. The van der Waals surface area contributed by atoms with Crippen molar-refractivity contribution in [3.63, 3.8) is 0 Å². The van der Waals surface area contributed by atoms with Gasteiger partial charge in [0.25, 0.3) is 5.91 Å². The molecule has 0 bridgehead atoms. The molecule has 1 aromatic carbocycles. The molecule has 0 radical (unpaired) electrons. The van der Waals surface area contributed by atoms with E-state index in [-0.39, 0.29) is 18.4 Å². The lowest BCUT2D eigenvalue weighted by atomic mass is 9.89. The van der Waals surface area contributed by atoms with Gasteiger partial charge in [0.2, 0.25) is 0 Å². The highest BCUT2D eigenvalue weighted by Gasteiger charge is 2.43. The molecule has 2 heterocycles. The van der Waals surface area contributed by atoms with Gasteiger partial charge < -0.3 is 19.7 Å². The molecule has 1 unspecified atom stereocenters. The Morgan fingerprint density at radius 1 is 1.18 bits per heavy atom. The zero-order chi connectivity index (χ0) is 20.3. The lowest BCUT2D eigenvalue weighted by Gasteiger charge is -2.24. The Bertz CT molecular complexity index is 728. The van der Waals surface area contributed by atoms with Crippen molar-refractivity contribution in [2.75, 3.05) is 19.6 Å². The summed E-state index contributed by atoms with van der Waals surface area (Å²) in [6, 6.07) is 9.85. The lowest BCUT2D eigenvalue weighted by Crippen LogP contribution is -2.36. The summed E-state index contributed by atoms with van der Waals surface area (Å²) in [7, 11) is 0. The Morgan fingerprint density at radius 2 is 1.89 bits per heavy atom. The standard InChI is InChI=1S/C21H28N2O5/c1-21(2,3)28-20(26)23-12-15(11-14-7-5-4-6-8-14)16(13-23)19(25)27-17-9-10-22-18(17)24/h4-8,15-17H,9-13H2,1-3H3,(H,22,24)/t15-,16-,17?/m1/s1. The fourth-order valence-corrected chi connectivity index (χ4v) is 3.65. The maximum atomic E-state index is 12.8. The number of hydrogen-bond acceptors (Lipinski definition) is 5. The van der Waals surface area contributed by atoms with Gasteiger partial charge in [0.15, 0.2) is 6.10 Å². The number of rotatable bonds is 4. The normalized spacial score (nSPS) is 24.8. The van der Waals surface area contributed by atoms with E-state index in [9.17, 15) is 14.4 Å². The van der Waals surface area contributed by atoms with Crippen LogP contribution in [0.2, 0.25) is 0 Å². The zero-order valence-corrected chi connectivity index (χ0v) is 16.6. The molecule has 2 fully saturated rings. The number of esters is 1. The maximum Gasteiger partial charge on any atom is 0.410 e. The van der Waals surface area contributed by atoms with Crippen molar-refractivity contribution in [3.8, 4) is 0 Å². The summed E-state index contributed by atoms with van der Waals surface area (Å²) < 4.78 is 10.9. The Hall–Kier alpha value is -2.57. The van der Waals surface area contributed by atoms with E-state index in [2.05, 4.69) is 5.32 Å². The maximum absolute atomic E-state index is 12.8. The van der Waals surface area contributed by atoms with Gasteiger partial charge in [0.05, 0.1) is 5.92 Å². The van der Waals surface area contributed by atoms with Crippen LogP contribution in [0.4, 0.5) is 4.79 Å².